The molecule has 0 aromatic rings. The van der Waals surface area contributed by atoms with Gasteiger partial charge in [-0.3, -0.25) is 4.79 Å². The molecular formula is C13H23NO2. The van der Waals surface area contributed by atoms with Gasteiger partial charge in [-0.1, -0.05) is 26.8 Å². The van der Waals surface area contributed by atoms with Crippen LogP contribution >= 0.6 is 0 Å². The minimum Gasteiger partial charge on any atom is -0.372 e. The Morgan fingerprint density at radius 3 is 2.19 bits per heavy atom. The molecule has 1 saturated heterocycles. The molecule has 0 aromatic carbocycles. The fraction of sp³-hybridized carbons (Fsp3) is 0.769. The van der Waals surface area contributed by atoms with E-state index in [1.807, 2.05) is 24.8 Å². The number of morpholine rings is 1. The molecule has 1 aliphatic rings. The van der Waals surface area contributed by atoms with Gasteiger partial charge in [0.1, 0.15) is 0 Å². The second-order valence-electron chi connectivity index (χ2n) is 5.70. The van der Waals surface area contributed by atoms with E-state index >= 15 is 0 Å². The predicted octanol–water partition coefficient (Wildman–Crippen LogP) is 2.22. The zero-order valence-electron chi connectivity index (χ0n) is 11.0. The van der Waals surface area contributed by atoms with Crippen LogP contribution in [-0.4, -0.2) is 36.1 Å². The van der Waals surface area contributed by atoms with Crippen LogP contribution in [0.4, 0.5) is 0 Å². The van der Waals surface area contributed by atoms with Gasteiger partial charge < -0.3 is 9.64 Å². The average Bonchev–Trinajstić information content (AvgIpc) is 2.11. The molecular weight excluding hydrogens is 202 g/mol. The molecule has 0 bridgehead atoms. The highest BCUT2D eigenvalue weighted by Gasteiger charge is 2.24. The van der Waals surface area contributed by atoms with Gasteiger partial charge in [0.05, 0.1) is 12.2 Å². The van der Waals surface area contributed by atoms with Crippen LogP contribution < -0.4 is 0 Å². The molecule has 0 aliphatic carbocycles. The van der Waals surface area contributed by atoms with Gasteiger partial charge in [-0.25, -0.2) is 0 Å². The van der Waals surface area contributed by atoms with E-state index in [9.17, 15) is 4.79 Å². The van der Waals surface area contributed by atoms with Gasteiger partial charge in [0.15, 0.2) is 0 Å². The van der Waals surface area contributed by atoms with Crippen molar-refractivity contribution >= 4 is 5.91 Å². The Morgan fingerprint density at radius 2 is 1.75 bits per heavy atom. The number of hydrogen-bond donors (Lipinski definition) is 0. The molecule has 0 spiro atoms. The first-order valence-electron chi connectivity index (χ1n) is 5.91. The van der Waals surface area contributed by atoms with Gasteiger partial charge >= 0.3 is 0 Å². The third-order valence-electron chi connectivity index (χ3n) is 2.46. The summed E-state index contributed by atoms with van der Waals surface area (Å²) in [4.78, 5) is 13.8. The van der Waals surface area contributed by atoms with Crippen LogP contribution in [0.25, 0.3) is 0 Å². The van der Waals surface area contributed by atoms with Crippen LogP contribution in [0.2, 0.25) is 0 Å². The summed E-state index contributed by atoms with van der Waals surface area (Å²) in [6, 6.07) is 0. The second-order valence-corrected chi connectivity index (χ2v) is 5.70. The first-order chi connectivity index (χ1) is 7.28. The highest BCUT2D eigenvalue weighted by Crippen LogP contribution is 2.16. The first kappa shape index (κ1) is 13.2. The van der Waals surface area contributed by atoms with E-state index in [2.05, 4.69) is 20.8 Å². The average molecular weight is 225 g/mol. The van der Waals surface area contributed by atoms with Crippen LogP contribution in [0, 0.1) is 5.41 Å². The Labute approximate surface area is 98.5 Å². The zero-order chi connectivity index (χ0) is 12.3. The lowest BCUT2D eigenvalue weighted by Crippen LogP contribution is -2.47. The summed E-state index contributed by atoms with van der Waals surface area (Å²) in [5.74, 6) is 0.0944. The smallest absolute Gasteiger partial charge is 0.246 e. The zero-order valence-corrected chi connectivity index (χ0v) is 11.0. The van der Waals surface area contributed by atoms with Gasteiger partial charge in [0, 0.05) is 13.1 Å². The molecule has 1 rings (SSSR count). The number of carbonyl (C=O) groups is 1. The Kier molecular flexibility index (Phi) is 4.14. The van der Waals surface area contributed by atoms with E-state index in [4.69, 9.17) is 4.74 Å². The SMILES string of the molecule is CC1CN(C(=O)/C=C/C(C)(C)C)CC(C)O1. The minimum absolute atomic E-state index is 0.0547. The van der Waals surface area contributed by atoms with Gasteiger partial charge in [0.25, 0.3) is 0 Å². The highest BCUT2D eigenvalue weighted by molar-refractivity contribution is 5.87. The van der Waals surface area contributed by atoms with E-state index < -0.39 is 0 Å². The van der Waals surface area contributed by atoms with Gasteiger partial charge in [0.2, 0.25) is 5.91 Å². The summed E-state index contributed by atoms with van der Waals surface area (Å²) >= 11 is 0. The number of ether oxygens (including phenoxy) is 1. The van der Waals surface area contributed by atoms with E-state index in [1.165, 1.54) is 0 Å². The van der Waals surface area contributed by atoms with Crippen LogP contribution in [0.3, 0.4) is 0 Å². The molecule has 1 amide bonds. The molecule has 1 fully saturated rings. The maximum Gasteiger partial charge on any atom is 0.246 e. The topological polar surface area (TPSA) is 29.5 Å². The second kappa shape index (κ2) is 5.00. The fourth-order valence-corrected chi connectivity index (χ4v) is 1.78. The van der Waals surface area contributed by atoms with Crippen molar-refractivity contribution in [3.8, 4) is 0 Å². The lowest BCUT2D eigenvalue weighted by atomic mass is 9.96. The summed E-state index contributed by atoms with van der Waals surface area (Å²) in [5, 5.41) is 0. The van der Waals surface area contributed by atoms with Crippen molar-refractivity contribution in [2.75, 3.05) is 13.1 Å². The summed E-state index contributed by atoms with van der Waals surface area (Å²) < 4.78 is 5.59. The largest absolute Gasteiger partial charge is 0.372 e. The Bertz CT molecular complexity index is 268. The number of allylic oxidation sites excluding steroid dienone is 1. The lowest BCUT2D eigenvalue weighted by molar-refractivity contribution is -0.138. The lowest BCUT2D eigenvalue weighted by Gasteiger charge is -2.34. The van der Waals surface area contributed by atoms with E-state index in [1.54, 1.807) is 6.08 Å². The fourth-order valence-electron chi connectivity index (χ4n) is 1.78. The van der Waals surface area contributed by atoms with Gasteiger partial charge in [-0.2, -0.15) is 0 Å². The van der Waals surface area contributed by atoms with Crippen LogP contribution in [0.1, 0.15) is 34.6 Å². The molecule has 92 valence electrons. The van der Waals surface area contributed by atoms with Crippen molar-refractivity contribution < 1.29 is 9.53 Å². The van der Waals surface area contributed by atoms with Crippen molar-refractivity contribution in [3.63, 3.8) is 0 Å². The monoisotopic (exact) mass is 225 g/mol. The Morgan fingerprint density at radius 1 is 1.25 bits per heavy atom. The van der Waals surface area contributed by atoms with Crippen molar-refractivity contribution in [1.82, 2.24) is 4.90 Å². The normalized spacial score (nSPS) is 27.4. The summed E-state index contributed by atoms with van der Waals surface area (Å²) in [5.41, 5.74) is 0.0547. The molecule has 16 heavy (non-hydrogen) atoms. The van der Waals surface area contributed by atoms with Crippen molar-refractivity contribution in [3.05, 3.63) is 12.2 Å². The molecule has 0 aromatic heterocycles. The van der Waals surface area contributed by atoms with Gasteiger partial charge in [-0.05, 0) is 25.3 Å². The summed E-state index contributed by atoms with van der Waals surface area (Å²) in [7, 11) is 0. The molecule has 1 heterocycles. The number of rotatable bonds is 1. The maximum absolute atomic E-state index is 11.9. The van der Waals surface area contributed by atoms with Crippen molar-refractivity contribution in [1.29, 1.82) is 0 Å². The van der Waals surface area contributed by atoms with Crippen LogP contribution in [-0.2, 0) is 9.53 Å². The molecule has 0 N–H and O–H groups in total. The van der Waals surface area contributed by atoms with Gasteiger partial charge in [-0.15, -0.1) is 0 Å². The highest BCUT2D eigenvalue weighted by atomic mass is 16.5. The van der Waals surface area contributed by atoms with Crippen molar-refractivity contribution in [2.45, 2.75) is 46.8 Å². The maximum atomic E-state index is 11.9. The third-order valence-corrected chi connectivity index (χ3v) is 2.46. The van der Waals surface area contributed by atoms with E-state index in [0.717, 1.165) is 0 Å². The summed E-state index contributed by atoms with van der Waals surface area (Å²) in [6.07, 6.45) is 3.91. The molecule has 1 aliphatic heterocycles. The number of amides is 1. The Balaban J connectivity index is 2.57. The summed E-state index contributed by atoms with van der Waals surface area (Å²) in [6.45, 7) is 11.6. The van der Waals surface area contributed by atoms with Crippen LogP contribution in [0.5, 0.6) is 0 Å². The number of carbonyl (C=O) groups excluding carboxylic acids is 1. The quantitative estimate of drug-likeness (QED) is 0.640. The predicted molar refractivity (Wildman–Crippen MR) is 65.2 cm³/mol. The number of hydrogen-bond acceptors (Lipinski definition) is 2. The standard InChI is InChI=1S/C13H23NO2/c1-10-8-14(9-11(2)16-10)12(15)6-7-13(3,4)5/h6-7,10-11H,8-9H2,1-5H3/b7-6+. The molecule has 0 radical (unpaired) electrons. The van der Waals surface area contributed by atoms with Crippen molar-refractivity contribution in [2.24, 2.45) is 5.41 Å². The molecule has 2 unspecified atom stereocenters. The third kappa shape index (κ3) is 4.35. The first-order valence-corrected chi connectivity index (χ1v) is 5.91. The molecule has 2 atom stereocenters. The molecule has 0 saturated carbocycles. The number of nitrogens with zero attached hydrogens (tertiary/aromatic N) is 1. The van der Waals surface area contributed by atoms with Crippen LogP contribution in [0.15, 0.2) is 12.2 Å². The molecule has 3 heteroatoms. The van der Waals surface area contributed by atoms with E-state index in [0.29, 0.717) is 13.1 Å². The molecule has 3 nitrogen and oxygen atoms in total. The minimum atomic E-state index is 0.0547. The van der Waals surface area contributed by atoms with E-state index in [-0.39, 0.29) is 23.5 Å². The Hall–Kier alpha value is -0.830.